The predicted octanol–water partition coefficient (Wildman–Crippen LogP) is 5.98. The van der Waals surface area contributed by atoms with Gasteiger partial charge in [0.1, 0.15) is 11.8 Å². The van der Waals surface area contributed by atoms with Gasteiger partial charge in [0, 0.05) is 35.4 Å². The molecule has 4 rings (SSSR count). The number of benzene rings is 1. The number of para-hydroxylation sites is 1. The van der Waals surface area contributed by atoms with Crippen LogP contribution < -0.4 is 20.9 Å². The van der Waals surface area contributed by atoms with Crippen LogP contribution in [0.4, 0.5) is 0 Å². The molecule has 2 aliphatic carbocycles. The number of hydrogen-bond acceptors (Lipinski definition) is 7. The molecule has 2 fully saturated rings. The molecule has 2 aromatic rings. The first-order chi connectivity index (χ1) is 20.1. The van der Waals surface area contributed by atoms with Gasteiger partial charge >= 0.3 is 19.4 Å². The fourth-order valence-corrected chi connectivity index (χ4v) is 7.40. The van der Waals surface area contributed by atoms with Gasteiger partial charge in [0.2, 0.25) is 0 Å². The zero-order valence-electron chi connectivity index (χ0n) is 25.9. The van der Waals surface area contributed by atoms with Gasteiger partial charge in [-0.25, -0.2) is 9.36 Å². The number of aromatic amines is 1. The number of carbonyl (C=O) groups excluding carboxylic acids is 1. The fourth-order valence-electron chi connectivity index (χ4n) is 5.90. The first kappa shape index (κ1) is 37.0. The molecule has 0 amide bonds. The molecular weight excluding hydrogens is 613 g/mol. The number of methoxy groups -OCH3 is 1. The third-order valence-electron chi connectivity index (χ3n) is 8.34. The summed E-state index contributed by atoms with van der Waals surface area (Å²) in [6.45, 7) is 6.13. The Morgan fingerprint density at radius 1 is 1.07 bits per heavy atom. The monoisotopic (exact) mass is 661 g/mol. The molecular formula is C31H48FeN3O7P. The summed E-state index contributed by atoms with van der Waals surface area (Å²) in [7, 11) is -2.59. The molecule has 0 saturated heterocycles. The molecule has 0 spiro atoms. The maximum atomic E-state index is 13.5. The van der Waals surface area contributed by atoms with Gasteiger partial charge in [0.05, 0.1) is 13.7 Å². The van der Waals surface area contributed by atoms with Crippen molar-refractivity contribution in [3.05, 3.63) is 62.9 Å². The second-order valence-electron chi connectivity index (χ2n) is 11.6. The van der Waals surface area contributed by atoms with Gasteiger partial charge in [-0.1, -0.05) is 70.1 Å². The zero-order valence-corrected chi connectivity index (χ0v) is 27.9. The van der Waals surface area contributed by atoms with E-state index in [0.29, 0.717) is 42.0 Å². The first-order valence-corrected chi connectivity index (χ1v) is 16.8. The standard InChI is InChI=1S/C26H38N3O7P.C5H10.Fe/c1-18(23-12-8-9-21(23)13-15-29-17-19(2)24(30)27-26(29)32)14-16-35-37(33,28-20(3)25(31)34-4)36-22-10-6-5-7-11-22;1-2-4-5-3-1;/h5-7,10-11,17-18,20-21,23H,8-9,12-16H2,1-4H3,(H,28,33)(H,27,30,32);1-5H2;/t18-,20-,21?,23?,37?;;/m0../s1. The van der Waals surface area contributed by atoms with Gasteiger partial charge in [0.15, 0.2) is 0 Å². The van der Waals surface area contributed by atoms with E-state index in [1.54, 1.807) is 42.0 Å². The third kappa shape index (κ3) is 12.0. The molecule has 0 bridgehead atoms. The summed E-state index contributed by atoms with van der Waals surface area (Å²) in [4.78, 5) is 38.0. The normalized spacial score (nSPS) is 20.6. The number of nitrogens with zero attached hydrogens (tertiary/aromatic N) is 1. The van der Waals surface area contributed by atoms with E-state index in [0.717, 1.165) is 25.7 Å². The number of esters is 1. The number of H-pyrrole nitrogens is 1. The Balaban J connectivity index is 0.000000973. The van der Waals surface area contributed by atoms with E-state index in [4.69, 9.17) is 13.8 Å². The second kappa shape index (κ2) is 18.6. The van der Waals surface area contributed by atoms with E-state index in [-0.39, 0.29) is 34.9 Å². The number of carbonyl (C=O) groups is 1. The fraction of sp³-hybridized carbons (Fsp3) is 0.645. The molecule has 2 aliphatic rings. The minimum absolute atomic E-state index is 0. The van der Waals surface area contributed by atoms with Crippen LogP contribution >= 0.6 is 7.75 Å². The van der Waals surface area contributed by atoms with Crippen molar-refractivity contribution >= 4 is 13.7 Å². The summed E-state index contributed by atoms with van der Waals surface area (Å²) in [5.41, 5.74) is -0.211. The zero-order chi connectivity index (χ0) is 30.5. The number of nitrogens with one attached hydrogen (secondary N) is 2. The molecule has 3 unspecified atom stereocenters. The Bertz CT molecular complexity index is 1270. The summed E-state index contributed by atoms with van der Waals surface area (Å²) < 4.78 is 31.2. The van der Waals surface area contributed by atoms with E-state index >= 15 is 0 Å². The molecule has 10 nitrogen and oxygen atoms in total. The second-order valence-corrected chi connectivity index (χ2v) is 13.2. The van der Waals surface area contributed by atoms with Crippen molar-refractivity contribution in [2.24, 2.45) is 17.8 Å². The quantitative estimate of drug-likeness (QED) is 0.153. The molecule has 242 valence electrons. The van der Waals surface area contributed by atoms with E-state index < -0.39 is 19.8 Å². The van der Waals surface area contributed by atoms with Crippen molar-refractivity contribution < 1.29 is 40.2 Å². The Labute approximate surface area is 265 Å². The SMILES string of the molecule is C1CCCC1.COC(=O)[C@H](C)NP(=O)(OCC[C@H](C)C1CCCC1CCn1cc(C)c(=O)[nH]c1=O)Oc1ccccc1.[Fe]. The van der Waals surface area contributed by atoms with Crippen LogP contribution in [0.15, 0.2) is 46.1 Å². The van der Waals surface area contributed by atoms with Crippen LogP contribution in [0.1, 0.15) is 83.6 Å². The molecule has 0 aliphatic heterocycles. The Kier molecular flexibility index (Phi) is 16.0. The summed E-state index contributed by atoms with van der Waals surface area (Å²) >= 11 is 0. The van der Waals surface area contributed by atoms with E-state index in [9.17, 15) is 18.9 Å². The van der Waals surface area contributed by atoms with Crippen molar-refractivity contribution in [3.63, 3.8) is 0 Å². The minimum Gasteiger partial charge on any atom is -0.468 e. The summed E-state index contributed by atoms with van der Waals surface area (Å²) in [5.74, 6) is 0.981. The van der Waals surface area contributed by atoms with Gasteiger partial charge < -0.3 is 13.8 Å². The van der Waals surface area contributed by atoms with Crippen LogP contribution in [0.2, 0.25) is 0 Å². The largest absolute Gasteiger partial charge is 0.468 e. The molecule has 1 aromatic carbocycles. The van der Waals surface area contributed by atoms with Crippen LogP contribution in [-0.2, 0) is 42.2 Å². The number of aryl methyl sites for hydroxylation is 2. The Morgan fingerprint density at radius 2 is 1.72 bits per heavy atom. The van der Waals surface area contributed by atoms with Crippen LogP contribution in [0, 0.1) is 24.7 Å². The topological polar surface area (TPSA) is 129 Å². The number of hydrogen-bond donors (Lipinski definition) is 2. The molecule has 2 saturated carbocycles. The molecule has 1 heterocycles. The smallest absolute Gasteiger partial charge is 0.459 e. The molecule has 2 N–H and O–H groups in total. The summed E-state index contributed by atoms with van der Waals surface area (Å²) in [6, 6.07) is 7.79. The van der Waals surface area contributed by atoms with Crippen LogP contribution in [0.3, 0.4) is 0 Å². The van der Waals surface area contributed by atoms with Crippen LogP contribution in [-0.4, -0.2) is 35.3 Å². The van der Waals surface area contributed by atoms with Gasteiger partial charge in [-0.3, -0.25) is 19.1 Å². The van der Waals surface area contributed by atoms with Gasteiger partial charge in [0.25, 0.3) is 5.56 Å². The van der Waals surface area contributed by atoms with E-state index in [1.807, 2.05) is 6.07 Å². The molecule has 1 aromatic heterocycles. The van der Waals surface area contributed by atoms with Gasteiger partial charge in [-0.15, -0.1) is 0 Å². The van der Waals surface area contributed by atoms with Crippen molar-refractivity contribution in [1.82, 2.24) is 14.6 Å². The van der Waals surface area contributed by atoms with Crippen molar-refractivity contribution in [3.8, 4) is 5.75 Å². The molecule has 5 atom stereocenters. The van der Waals surface area contributed by atoms with E-state index in [1.165, 1.54) is 46.1 Å². The maximum absolute atomic E-state index is 13.5. The first-order valence-electron chi connectivity index (χ1n) is 15.3. The number of ether oxygens (including phenoxy) is 1. The summed E-state index contributed by atoms with van der Waals surface area (Å²) in [5, 5.41) is 2.68. The average Bonchev–Trinajstić information content (AvgIpc) is 3.70. The molecule has 0 radical (unpaired) electrons. The Hall–Kier alpha value is -2.16. The van der Waals surface area contributed by atoms with Crippen molar-refractivity contribution in [2.45, 2.75) is 97.6 Å². The third-order valence-corrected chi connectivity index (χ3v) is 10.0. The van der Waals surface area contributed by atoms with Crippen LogP contribution in [0.5, 0.6) is 5.75 Å². The average molecular weight is 662 g/mol. The van der Waals surface area contributed by atoms with Gasteiger partial charge in [-0.2, -0.15) is 5.09 Å². The summed E-state index contributed by atoms with van der Waals surface area (Å²) in [6.07, 6.45) is 13.9. The van der Waals surface area contributed by atoms with Crippen molar-refractivity contribution in [1.29, 1.82) is 0 Å². The maximum Gasteiger partial charge on any atom is 0.459 e. The predicted molar refractivity (Wildman–Crippen MR) is 164 cm³/mol. The minimum atomic E-state index is -3.85. The van der Waals surface area contributed by atoms with E-state index in [2.05, 4.69) is 17.0 Å². The number of aromatic nitrogens is 2. The van der Waals surface area contributed by atoms with Gasteiger partial charge in [-0.05, 0) is 63.0 Å². The number of rotatable bonds is 13. The molecule has 12 heteroatoms. The molecule has 43 heavy (non-hydrogen) atoms. The Morgan fingerprint density at radius 3 is 2.35 bits per heavy atom. The van der Waals surface area contributed by atoms with Crippen molar-refractivity contribution in [2.75, 3.05) is 13.7 Å². The van der Waals surface area contributed by atoms with Crippen LogP contribution in [0.25, 0.3) is 0 Å².